The number of rotatable bonds is 7. The van der Waals surface area contributed by atoms with E-state index in [1.807, 2.05) is 68.4 Å². The number of aliphatic hydroxyl groups is 1. The van der Waals surface area contributed by atoms with Crippen molar-refractivity contribution in [2.45, 2.75) is 39.0 Å². The number of ketones is 1. The Balaban J connectivity index is 1.35. The van der Waals surface area contributed by atoms with Gasteiger partial charge in [-0.1, -0.05) is 53.8 Å². The zero-order valence-corrected chi connectivity index (χ0v) is 25.8. The molecule has 45 heavy (non-hydrogen) atoms. The molecule has 1 N–H and O–H groups in total. The van der Waals surface area contributed by atoms with Gasteiger partial charge >= 0.3 is 5.91 Å². The van der Waals surface area contributed by atoms with Gasteiger partial charge in [0.25, 0.3) is 5.78 Å². The van der Waals surface area contributed by atoms with Crippen molar-refractivity contribution in [3.05, 3.63) is 118 Å². The Bertz CT molecular complexity index is 2000. The van der Waals surface area contributed by atoms with Crippen LogP contribution in [0.25, 0.3) is 16.0 Å². The van der Waals surface area contributed by atoms with Gasteiger partial charge in [-0.05, 0) is 78.6 Å². The molecule has 7 rings (SSSR count). The van der Waals surface area contributed by atoms with Crippen LogP contribution in [0.5, 0.6) is 17.2 Å². The highest BCUT2D eigenvalue weighted by Crippen LogP contribution is 2.46. The van der Waals surface area contributed by atoms with Gasteiger partial charge in [-0.15, -0.1) is 0 Å². The molecule has 0 unspecified atom stereocenters. The average Bonchev–Trinajstić information content (AvgIpc) is 3.71. The van der Waals surface area contributed by atoms with Gasteiger partial charge in [-0.2, -0.15) is 0 Å². The first-order valence-corrected chi connectivity index (χ1v) is 15.4. The van der Waals surface area contributed by atoms with E-state index in [4.69, 9.17) is 19.2 Å². The lowest BCUT2D eigenvalue weighted by atomic mass is 9.94. The minimum atomic E-state index is -0.966. The number of benzene rings is 4. The predicted octanol–water partition coefficient (Wildman–Crippen LogP) is 7.14. The van der Waals surface area contributed by atoms with Crippen LogP contribution in [-0.2, 0) is 22.6 Å². The zero-order chi connectivity index (χ0) is 31.2. The first-order valence-electron chi connectivity index (χ1n) is 14.6. The fourth-order valence-electron chi connectivity index (χ4n) is 5.90. The zero-order valence-electron chi connectivity index (χ0n) is 24.9. The second-order valence-corrected chi connectivity index (χ2v) is 12.3. The Hall–Kier alpha value is -5.15. The van der Waals surface area contributed by atoms with Gasteiger partial charge in [0.1, 0.15) is 24.2 Å². The SMILES string of the molecule is COc1cc([C@H]2C(=C(O)c3ccc4c(c3)C[C@@H](C)O4)C(=O)C(=O)N2c2nc3ccc(C)cc3s2)ccc1OCc1ccccc1. The Kier molecular flexibility index (Phi) is 7.25. The van der Waals surface area contributed by atoms with Crippen LogP contribution < -0.4 is 19.1 Å². The summed E-state index contributed by atoms with van der Waals surface area (Å²) < 4.78 is 18.5. The van der Waals surface area contributed by atoms with Crippen LogP contribution >= 0.6 is 11.3 Å². The molecule has 5 aromatic rings. The van der Waals surface area contributed by atoms with Gasteiger partial charge in [0.05, 0.1) is 28.9 Å². The van der Waals surface area contributed by atoms with E-state index in [2.05, 4.69) is 0 Å². The van der Waals surface area contributed by atoms with Crippen LogP contribution in [0.4, 0.5) is 5.13 Å². The normalized spacial score (nSPS) is 18.7. The molecule has 0 aliphatic carbocycles. The predicted molar refractivity (Wildman–Crippen MR) is 173 cm³/mol. The lowest BCUT2D eigenvalue weighted by molar-refractivity contribution is -0.132. The van der Waals surface area contributed by atoms with Crippen molar-refractivity contribution in [3.8, 4) is 17.2 Å². The number of Topliss-reactive ketones (excluding diaryl/α,β-unsaturated/α-hetero) is 1. The maximum atomic E-state index is 13.8. The summed E-state index contributed by atoms with van der Waals surface area (Å²) in [5.74, 6) is -0.136. The van der Waals surface area contributed by atoms with E-state index < -0.39 is 17.7 Å². The average molecular weight is 619 g/mol. The third-order valence-corrected chi connectivity index (χ3v) is 9.11. The number of aromatic nitrogens is 1. The molecule has 226 valence electrons. The van der Waals surface area contributed by atoms with Gasteiger partial charge < -0.3 is 19.3 Å². The number of hydrogen-bond acceptors (Lipinski definition) is 8. The Morgan fingerprint density at radius 1 is 1.02 bits per heavy atom. The molecular formula is C36H30N2O6S. The van der Waals surface area contributed by atoms with Crippen molar-refractivity contribution in [2.24, 2.45) is 0 Å². The largest absolute Gasteiger partial charge is 0.507 e. The van der Waals surface area contributed by atoms with Crippen LogP contribution in [0, 0.1) is 6.92 Å². The molecule has 0 saturated carbocycles. The molecule has 2 aliphatic rings. The standard InChI is InChI=1S/C36H30N2O6S/c1-20-9-12-26-30(15-20)45-36(37-26)38-32(23-10-14-28(29(18-23)42-3)43-19-22-7-5-4-6-8-22)31(34(40)35(38)41)33(39)24-11-13-27-25(17-24)16-21(2)44-27/h4-15,17-18,21,32,39H,16,19H2,1-3H3/t21-,32+/m1/s1. The van der Waals surface area contributed by atoms with Crippen molar-refractivity contribution in [1.82, 2.24) is 4.98 Å². The molecule has 2 atom stereocenters. The number of fused-ring (bicyclic) bond motifs is 2. The van der Waals surface area contributed by atoms with Crippen molar-refractivity contribution >= 4 is 44.1 Å². The van der Waals surface area contributed by atoms with E-state index in [0.717, 1.165) is 32.7 Å². The van der Waals surface area contributed by atoms with Gasteiger partial charge in [0.15, 0.2) is 16.6 Å². The smallest absolute Gasteiger partial charge is 0.301 e. The third-order valence-electron chi connectivity index (χ3n) is 8.09. The molecule has 1 saturated heterocycles. The van der Waals surface area contributed by atoms with Crippen LogP contribution in [0.15, 0.2) is 90.5 Å². The summed E-state index contributed by atoms with van der Waals surface area (Å²) in [6.45, 7) is 4.30. The van der Waals surface area contributed by atoms with Crippen molar-refractivity contribution in [2.75, 3.05) is 12.0 Å². The van der Waals surface area contributed by atoms with E-state index in [1.165, 1.54) is 23.3 Å². The Labute approximate surface area is 264 Å². The topological polar surface area (TPSA) is 98.2 Å². The number of carbonyl (C=O) groups is 2. The van der Waals surface area contributed by atoms with Crippen molar-refractivity contribution in [1.29, 1.82) is 0 Å². The highest BCUT2D eigenvalue weighted by atomic mass is 32.1. The number of aliphatic hydroxyl groups excluding tert-OH is 1. The fraction of sp³-hybridized carbons (Fsp3) is 0.194. The summed E-state index contributed by atoms with van der Waals surface area (Å²) in [7, 11) is 1.54. The molecule has 0 radical (unpaired) electrons. The lowest BCUT2D eigenvalue weighted by Gasteiger charge is -2.24. The van der Waals surface area contributed by atoms with Crippen LogP contribution in [0.1, 0.15) is 40.8 Å². The third kappa shape index (κ3) is 5.19. The van der Waals surface area contributed by atoms with Crippen molar-refractivity contribution in [3.63, 3.8) is 0 Å². The van der Waals surface area contributed by atoms with E-state index in [0.29, 0.717) is 40.8 Å². The monoisotopic (exact) mass is 618 g/mol. The molecular weight excluding hydrogens is 588 g/mol. The number of thiazole rings is 1. The van der Waals surface area contributed by atoms with E-state index >= 15 is 0 Å². The molecule has 0 bridgehead atoms. The number of nitrogens with zero attached hydrogens (tertiary/aromatic N) is 2. The number of carbonyl (C=O) groups excluding carboxylic acids is 2. The highest BCUT2D eigenvalue weighted by Gasteiger charge is 2.48. The maximum Gasteiger partial charge on any atom is 0.301 e. The second-order valence-electron chi connectivity index (χ2n) is 11.3. The molecule has 3 heterocycles. The minimum Gasteiger partial charge on any atom is -0.507 e. The molecule has 0 spiro atoms. The second kappa shape index (κ2) is 11.4. The molecule has 1 aromatic heterocycles. The van der Waals surface area contributed by atoms with Crippen LogP contribution in [0.2, 0.25) is 0 Å². The number of anilines is 1. The van der Waals surface area contributed by atoms with Gasteiger partial charge in [-0.3, -0.25) is 14.5 Å². The molecule has 1 fully saturated rings. The summed E-state index contributed by atoms with van der Waals surface area (Å²) >= 11 is 1.32. The molecule has 2 aliphatic heterocycles. The van der Waals surface area contributed by atoms with Crippen molar-refractivity contribution < 1.29 is 28.9 Å². The van der Waals surface area contributed by atoms with Gasteiger partial charge in [-0.25, -0.2) is 4.98 Å². The Morgan fingerprint density at radius 2 is 1.84 bits per heavy atom. The molecule has 4 aromatic carbocycles. The molecule has 1 amide bonds. The fourth-order valence-corrected chi connectivity index (χ4v) is 6.99. The quantitative estimate of drug-likeness (QED) is 0.118. The van der Waals surface area contributed by atoms with Gasteiger partial charge in [0.2, 0.25) is 0 Å². The maximum absolute atomic E-state index is 13.8. The van der Waals surface area contributed by atoms with E-state index in [9.17, 15) is 14.7 Å². The summed E-state index contributed by atoms with van der Waals surface area (Å²) in [5.41, 5.74) is 4.68. The van der Waals surface area contributed by atoms with E-state index in [1.54, 1.807) is 30.3 Å². The number of aryl methyl sites for hydroxylation is 1. The van der Waals surface area contributed by atoms with E-state index in [-0.39, 0.29) is 17.4 Å². The van der Waals surface area contributed by atoms with Crippen LogP contribution in [-0.4, -0.2) is 35.0 Å². The molecule has 8 nitrogen and oxygen atoms in total. The van der Waals surface area contributed by atoms with Gasteiger partial charge in [0, 0.05) is 12.0 Å². The summed E-state index contributed by atoms with van der Waals surface area (Å²) in [6.07, 6.45) is 0.696. The number of hydrogen-bond donors (Lipinski definition) is 1. The van der Waals surface area contributed by atoms with Crippen LogP contribution in [0.3, 0.4) is 0 Å². The molecule has 9 heteroatoms. The lowest BCUT2D eigenvalue weighted by Crippen LogP contribution is -2.29. The Morgan fingerprint density at radius 3 is 2.64 bits per heavy atom. The number of amides is 1. The highest BCUT2D eigenvalue weighted by molar-refractivity contribution is 7.22. The number of methoxy groups -OCH3 is 1. The number of ether oxygens (including phenoxy) is 3. The minimum absolute atomic E-state index is 0.0146. The summed E-state index contributed by atoms with van der Waals surface area (Å²) in [5, 5.41) is 12.1. The first-order chi connectivity index (χ1) is 21.8. The summed E-state index contributed by atoms with van der Waals surface area (Å²) in [6, 6.07) is 25.3. The first kappa shape index (κ1) is 28.6. The summed E-state index contributed by atoms with van der Waals surface area (Å²) in [4.78, 5) is 33.7.